The van der Waals surface area contributed by atoms with Crippen molar-refractivity contribution in [1.29, 1.82) is 0 Å². The number of rotatable bonds is 6. The van der Waals surface area contributed by atoms with Crippen molar-refractivity contribution in [1.82, 2.24) is 15.5 Å². The molecule has 166 valence electrons. The number of hydrogen-bond acceptors (Lipinski definition) is 5. The van der Waals surface area contributed by atoms with E-state index in [-0.39, 0.29) is 6.10 Å². The molecular formula is C23H36N4O2S. The van der Waals surface area contributed by atoms with Gasteiger partial charge in [0.05, 0.1) is 31.4 Å². The van der Waals surface area contributed by atoms with Gasteiger partial charge in [0.15, 0.2) is 5.96 Å². The second kappa shape index (κ2) is 8.77. The SMILES string of the molecule is CCNC(=NCC(c1cccs1)N1CCOC(C)C1)NC1C2CCOC2C12CCC2. The zero-order chi connectivity index (χ0) is 20.6. The van der Waals surface area contributed by atoms with Gasteiger partial charge in [0.2, 0.25) is 0 Å². The minimum Gasteiger partial charge on any atom is -0.377 e. The van der Waals surface area contributed by atoms with Gasteiger partial charge in [-0.3, -0.25) is 9.89 Å². The van der Waals surface area contributed by atoms with Crippen LogP contribution >= 0.6 is 11.3 Å². The van der Waals surface area contributed by atoms with Crippen LogP contribution in [0.1, 0.15) is 50.4 Å². The van der Waals surface area contributed by atoms with Gasteiger partial charge in [-0.15, -0.1) is 11.3 Å². The molecule has 5 atom stereocenters. The maximum absolute atomic E-state index is 6.10. The second-order valence-corrected chi connectivity index (χ2v) is 10.4. The summed E-state index contributed by atoms with van der Waals surface area (Å²) in [6, 6.07) is 5.23. The lowest BCUT2D eigenvalue weighted by Gasteiger charge is -2.63. The van der Waals surface area contributed by atoms with Crippen molar-refractivity contribution in [3.05, 3.63) is 22.4 Å². The molecule has 5 unspecified atom stereocenters. The van der Waals surface area contributed by atoms with Crippen LogP contribution in [-0.4, -0.2) is 68.5 Å². The van der Waals surface area contributed by atoms with Crippen LogP contribution in [0.5, 0.6) is 0 Å². The molecular weight excluding hydrogens is 396 g/mol. The van der Waals surface area contributed by atoms with Crippen LogP contribution in [0.4, 0.5) is 0 Å². The highest BCUT2D eigenvalue weighted by atomic mass is 32.1. The standard InChI is InChI=1S/C23H36N4O2S/c1-3-24-22(26-20-17-7-11-29-21(17)23(20)8-5-9-23)25-14-18(19-6-4-13-30-19)27-10-12-28-16(2)15-27/h4,6,13,16-18,20-21H,3,5,7-12,14-15H2,1-2H3,(H2,24,25,26). The maximum Gasteiger partial charge on any atom is 0.191 e. The Bertz CT molecular complexity index is 736. The average Bonchev–Trinajstić information content (AvgIpc) is 3.36. The van der Waals surface area contributed by atoms with Gasteiger partial charge < -0.3 is 20.1 Å². The summed E-state index contributed by atoms with van der Waals surface area (Å²) in [5, 5.41) is 9.54. The van der Waals surface area contributed by atoms with Crippen LogP contribution in [0.2, 0.25) is 0 Å². The van der Waals surface area contributed by atoms with Gasteiger partial charge in [-0.25, -0.2) is 0 Å². The molecule has 0 amide bonds. The number of nitrogens with zero attached hydrogens (tertiary/aromatic N) is 2. The lowest BCUT2D eigenvalue weighted by Crippen LogP contribution is -2.72. The molecule has 0 radical (unpaired) electrons. The normalized spacial score (nSPS) is 34.1. The number of guanidine groups is 1. The van der Waals surface area contributed by atoms with Crippen molar-refractivity contribution in [2.75, 3.05) is 39.4 Å². The van der Waals surface area contributed by atoms with Crippen molar-refractivity contribution >= 4 is 17.3 Å². The number of morpholine rings is 1. The van der Waals surface area contributed by atoms with E-state index in [4.69, 9.17) is 14.5 Å². The van der Waals surface area contributed by atoms with E-state index < -0.39 is 0 Å². The third-order valence-electron chi connectivity index (χ3n) is 7.68. The van der Waals surface area contributed by atoms with E-state index in [1.54, 1.807) is 0 Å². The van der Waals surface area contributed by atoms with E-state index in [0.717, 1.165) is 45.4 Å². The zero-order valence-electron chi connectivity index (χ0n) is 18.3. The zero-order valence-corrected chi connectivity index (χ0v) is 19.1. The molecule has 2 saturated carbocycles. The fourth-order valence-corrected chi connectivity index (χ4v) is 6.95. The van der Waals surface area contributed by atoms with Gasteiger partial charge in [-0.05, 0) is 44.6 Å². The monoisotopic (exact) mass is 432 g/mol. The average molecular weight is 433 g/mol. The smallest absolute Gasteiger partial charge is 0.191 e. The first-order valence-electron chi connectivity index (χ1n) is 11.8. The molecule has 2 N–H and O–H groups in total. The highest BCUT2D eigenvalue weighted by Crippen LogP contribution is 2.62. The van der Waals surface area contributed by atoms with Crippen molar-refractivity contribution < 1.29 is 9.47 Å². The Morgan fingerprint density at radius 2 is 2.27 bits per heavy atom. The van der Waals surface area contributed by atoms with E-state index in [0.29, 0.717) is 29.5 Å². The summed E-state index contributed by atoms with van der Waals surface area (Å²) >= 11 is 1.84. The minimum absolute atomic E-state index is 0.282. The number of aliphatic imine (C=N–C) groups is 1. The highest BCUT2D eigenvalue weighted by molar-refractivity contribution is 7.10. The molecule has 30 heavy (non-hydrogen) atoms. The van der Waals surface area contributed by atoms with Crippen molar-refractivity contribution in [3.63, 3.8) is 0 Å². The number of fused-ring (bicyclic) bond motifs is 2. The van der Waals surface area contributed by atoms with E-state index in [2.05, 4.69) is 46.9 Å². The molecule has 2 aliphatic carbocycles. The summed E-state index contributed by atoms with van der Waals surface area (Å²) in [6.45, 7) is 9.65. The first-order chi connectivity index (χ1) is 14.7. The van der Waals surface area contributed by atoms with E-state index in [1.807, 2.05) is 11.3 Å². The third kappa shape index (κ3) is 3.68. The lowest BCUT2D eigenvalue weighted by molar-refractivity contribution is -0.171. The van der Waals surface area contributed by atoms with Gasteiger partial charge in [-0.1, -0.05) is 12.5 Å². The Labute approximate surface area is 184 Å². The molecule has 1 aromatic heterocycles. The number of hydrogen-bond donors (Lipinski definition) is 2. The molecule has 0 bridgehead atoms. The predicted octanol–water partition coefficient (Wildman–Crippen LogP) is 3.02. The summed E-state index contributed by atoms with van der Waals surface area (Å²) < 4.78 is 11.9. The first kappa shape index (κ1) is 20.7. The molecule has 2 saturated heterocycles. The molecule has 1 spiro atoms. The van der Waals surface area contributed by atoms with Crippen LogP contribution in [0, 0.1) is 11.3 Å². The largest absolute Gasteiger partial charge is 0.377 e. The van der Waals surface area contributed by atoms with Crippen molar-refractivity contribution in [3.8, 4) is 0 Å². The Morgan fingerprint density at radius 3 is 2.97 bits per heavy atom. The maximum atomic E-state index is 6.10. The van der Waals surface area contributed by atoms with Crippen molar-refractivity contribution in [2.45, 2.75) is 63.8 Å². The molecule has 3 heterocycles. The fourth-order valence-electron chi connectivity index (χ4n) is 6.10. The molecule has 1 aromatic rings. The lowest BCUT2D eigenvalue weighted by atomic mass is 9.46. The third-order valence-corrected chi connectivity index (χ3v) is 8.65. The summed E-state index contributed by atoms with van der Waals surface area (Å²) in [5.41, 5.74) is 0.365. The molecule has 2 aliphatic heterocycles. The quantitative estimate of drug-likeness (QED) is 0.535. The van der Waals surface area contributed by atoms with Crippen LogP contribution in [-0.2, 0) is 9.47 Å². The number of thiophene rings is 1. The van der Waals surface area contributed by atoms with Crippen LogP contribution in [0.15, 0.2) is 22.5 Å². The summed E-state index contributed by atoms with van der Waals surface area (Å²) in [4.78, 5) is 9.05. The van der Waals surface area contributed by atoms with Gasteiger partial charge >= 0.3 is 0 Å². The van der Waals surface area contributed by atoms with Gasteiger partial charge in [-0.2, -0.15) is 0 Å². The molecule has 7 heteroatoms. The van der Waals surface area contributed by atoms with Gasteiger partial charge in [0.1, 0.15) is 0 Å². The topological polar surface area (TPSA) is 58.1 Å². The summed E-state index contributed by atoms with van der Waals surface area (Å²) in [6.07, 6.45) is 5.90. The predicted molar refractivity (Wildman–Crippen MR) is 121 cm³/mol. The van der Waals surface area contributed by atoms with Crippen LogP contribution in [0.25, 0.3) is 0 Å². The molecule has 5 rings (SSSR count). The molecule has 4 aliphatic rings. The fraction of sp³-hybridized carbons (Fsp3) is 0.783. The van der Waals surface area contributed by atoms with E-state index in [1.165, 1.54) is 30.6 Å². The molecule has 4 fully saturated rings. The Balaban J connectivity index is 1.31. The number of ether oxygens (including phenoxy) is 2. The Kier molecular flexibility index (Phi) is 6.06. The number of nitrogens with one attached hydrogen (secondary N) is 2. The van der Waals surface area contributed by atoms with Crippen LogP contribution < -0.4 is 10.6 Å². The minimum atomic E-state index is 0.282. The van der Waals surface area contributed by atoms with E-state index >= 15 is 0 Å². The van der Waals surface area contributed by atoms with Gasteiger partial charge in [0.25, 0.3) is 0 Å². The summed E-state index contributed by atoms with van der Waals surface area (Å²) in [7, 11) is 0. The summed E-state index contributed by atoms with van der Waals surface area (Å²) in [5.74, 6) is 1.63. The molecule has 6 nitrogen and oxygen atoms in total. The first-order valence-corrected chi connectivity index (χ1v) is 12.6. The molecule has 0 aromatic carbocycles. The highest BCUT2D eigenvalue weighted by Gasteiger charge is 2.66. The second-order valence-electron chi connectivity index (χ2n) is 9.38. The van der Waals surface area contributed by atoms with Crippen LogP contribution in [0.3, 0.4) is 0 Å². The Hall–Kier alpha value is -1.15. The van der Waals surface area contributed by atoms with Crippen molar-refractivity contribution in [2.24, 2.45) is 16.3 Å². The van der Waals surface area contributed by atoms with Gasteiger partial charge in [0, 0.05) is 48.5 Å². The Morgan fingerprint density at radius 1 is 1.37 bits per heavy atom. The van der Waals surface area contributed by atoms with E-state index in [9.17, 15) is 0 Å².